The Labute approximate surface area is 119 Å². The van der Waals surface area contributed by atoms with Crippen LogP contribution >= 0.6 is 0 Å². The molecule has 21 heavy (non-hydrogen) atoms. The Morgan fingerprint density at radius 3 is 3.00 bits per heavy atom. The zero-order valence-corrected chi connectivity index (χ0v) is 11.1. The first kappa shape index (κ1) is 12.1. The molecule has 0 radical (unpaired) electrons. The average molecular weight is 286 g/mol. The topological polar surface area (TPSA) is 139 Å². The zero-order valence-electron chi connectivity index (χ0n) is 11.1. The number of nitrogens with one attached hydrogen (secondary N) is 2. The largest absolute Gasteiger partial charge is 0.368 e. The highest BCUT2D eigenvalue weighted by Crippen LogP contribution is 2.28. The monoisotopic (exact) mass is 286 g/mol. The minimum absolute atomic E-state index is 0.278. The second-order valence-electron chi connectivity index (χ2n) is 4.66. The molecule has 0 saturated carbocycles. The predicted molar refractivity (Wildman–Crippen MR) is 76.0 cm³/mol. The van der Waals surface area contributed by atoms with E-state index in [0.717, 1.165) is 11.4 Å². The fourth-order valence-electron chi connectivity index (χ4n) is 2.42. The lowest BCUT2D eigenvalue weighted by Crippen LogP contribution is -2.36. The van der Waals surface area contributed by atoms with Crippen LogP contribution < -0.4 is 21.9 Å². The fourth-order valence-corrected chi connectivity index (χ4v) is 2.42. The molecule has 1 aliphatic heterocycles. The smallest absolute Gasteiger partial charge is 0.225 e. The van der Waals surface area contributed by atoms with E-state index in [4.69, 9.17) is 11.5 Å². The third kappa shape index (κ3) is 1.73. The second-order valence-corrected chi connectivity index (χ2v) is 4.66. The molecule has 3 aromatic rings. The van der Waals surface area contributed by atoms with Crippen molar-refractivity contribution in [2.45, 2.75) is 6.54 Å². The number of H-pyrrole nitrogens is 1. The third-order valence-electron chi connectivity index (χ3n) is 3.35. The average Bonchev–Trinajstić information content (AvgIpc) is 3.16. The van der Waals surface area contributed by atoms with Crippen LogP contribution in [0.15, 0.2) is 12.4 Å². The summed E-state index contributed by atoms with van der Waals surface area (Å²) in [5.74, 6) is 2.11. The number of nitrogens with two attached hydrogens (primary N) is 2. The van der Waals surface area contributed by atoms with Gasteiger partial charge < -0.3 is 16.5 Å². The van der Waals surface area contributed by atoms with E-state index in [2.05, 4.69) is 30.5 Å². The summed E-state index contributed by atoms with van der Waals surface area (Å²) in [6.07, 6.45) is 3.37. The van der Waals surface area contributed by atoms with Gasteiger partial charge in [-0.05, 0) is 0 Å². The number of fused-ring (bicyclic) bond motifs is 3. The van der Waals surface area contributed by atoms with Gasteiger partial charge in [-0.2, -0.15) is 9.50 Å². The van der Waals surface area contributed by atoms with E-state index in [1.54, 1.807) is 12.4 Å². The van der Waals surface area contributed by atoms with Gasteiger partial charge in [0.1, 0.15) is 0 Å². The minimum atomic E-state index is 0.278. The molecule has 1 aliphatic rings. The lowest BCUT2D eigenvalue weighted by atomic mass is 10.3. The summed E-state index contributed by atoms with van der Waals surface area (Å²) in [7, 11) is 0. The van der Waals surface area contributed by atoms with Crippen molar-refractivity contribution >= 4 is 17.4 Å². The molecule has 10 nitrogen and oxygen atoms in total. The SMILES string of the molecule is NCCN1NCc2c1nc(N)n1nc(-c3ncc[nH]3)nc21. The standard InChI is InChI=1S/C11H14N10/c12-1-4-20-9-6(5-16-20)10-17-8(7-14-2-3-15-7)19-21(10)11(13)18-9/h2-3,16H,1,4-5,12H2,(H2,13,18)(H,14,15). The van der Waals surface area contributed by atoms with Crippen molar-refractivity contribution in [3.63, 3.8) is 0 Å². The van der Waals surface area contributed by atoms with E-state index < -0.39 is 0 Å². The highest BCUT2D eigenvalue weighted by Gasteiger charge is 2.26. The van der Waals surface area contributed by atoms with Crippen molar-refractivity contribution in [2.24, 2.45) is 5.73 Å². The normalized spacial score (nSPS) is 14.0. The van der Waals surface area contributed by atoms with Gasteiger partial charge in [-0.3, -0.25) is 5.01 Å². The van der Waals surface area contributed by atoms with Crippen molar-refractivity contribution in [3.05, 3.63) is 18.0 Å². The van der Waals surface area contributed by atoms with E-state index in [-0.39, 0.29) is 5.95 Å². The molecule has 0 spiro atoms. The Morgan fingerprint density at radius 2 is 2.24 bits per heavy atom. The molecule has 0 fully saturated rings. The molecule has 10 heteroatoms. The number of nitrogen functional groups attached to an aromatic ring is 1. The highest BCUT2D eigenvalue weighted by molar-refractivity contribution is 5.68. The van der Waals surface area contributed by atoms with Gasteiger partial charge in [0.25, 0.3) is 0 Å². The number of imidazole rings is 1. The Morgan fingerprint density at radius 1 is 1.33 bits per heavy atom. The van der Waals surface area contributed by atoms with Crippen LogP contribution in [0.25, 0.3) is 17.3 Å². The molecular formula is C11H14N10. The first-order valence-corrected chi connectivity index (χ1v) is 6.54. The van der Waals surface area contributed by atoms with Crippen LogP contribution in [0.1, 0.15) is 5.56 Å². The molecule has 6 N–H and O–H groups in total. The second kappa shape index (κ2) is 4.40. The van der Waals surface area contributed by atoms with Crippen molar-refractivity contribution in [3.8, 4) is 11.6 Å². The maximum Gasteiger partial charge on any atom is 0.225 e. The number of nitrogens with zero attached hydrogens (tertiary/aromatic N) is 6. The fraction of sp³-hybridized carbons (Fsp3) is 0.273. The maximum atomic E-state index is 5.99. The van der Waals surface area contributed by atoms with Crippen molar-refractivity contribution in [1.82, 2.24) is 35.0 Å². The number of hydrazine groups is 1. The highest BCUT2D eigenvalue weighted by atomic mass is 15.6. The molecule has 4 heterocycles. The number of aromatic amines is 1. The number of hydrogen-bond donors (Lipinski definition) is 4. The number of aromatic nitrogens is 6. The summed E-state index contributed by atoms with van der Waals surface area (Å²) in [4.78, 5) is 16.0. The van der Waals surface area contributed by atoms with E-state index >= 15 is 0 Å². The van der Waals surface area contributed by atoms with Gasteiger partial charge in [-0.1, -0.05) is 0 Å². The predicted octanol–water partition coefficient (Wildman–Crippen LogP) is -1.12. The van der Waals surface area contributed by atoms with E-state index in [1.807, 2.05) is 5.01 Å². The van der Waals surface area contributed by atoms with Crippen molar-refractivity contribution in [1.29, 1.82) is 0 Å². The molecule has 108 valence electrons. The van der Waals surface area contributed by atoms with Crippen LogP contribution in [-0.4, -0.2) is 42.6 Å². The Kier molecular flexibility index (Phi) is 2.52. The molecular weight excluding hydrogens is 272 g/mol. The maximum absolute atomic E-state index is 5.99. The molecule has 0 atom stereocenters. The lowest BCUT2D eigenvalue weighted by Gasteiger charge is -2.16. The Balaban J connectivity index is 1.90. The number of anilines is 2. The summed E-state index contributed by atoms with van der Waals surface area (Å²) in [6, 6.07) is 0. The quantitative estimate of drug-likeness (QED) is 0.475. The Bertz CT molecular complexity index is 789. The molecule has 0 saturated heterocycles. The third-order valence-corrected chi connectivity index (χ3v) is 3.35. The first-order valence-electron chi connectivity index (χ1n) is 6.54. The van der Waals surface area contributed by atoms with Gasteiger partial charge >= 0.3 is 0 Å². The van der Waals surface area contributed by atoms with Gasteiger partial charge in [0.15, 0.2) is 17.3 Å². The van der Waals surface area contributed by atoms with Gasteiger partial charge in [0.2, 0.25) is 11.8 Å². The minimum Gasteiger partial charge on any atom is -0.368 e. The summed E-state index contributed by atoms with van der Waals surface area (Å²) >= 11 is 0. The first-order chi connectivity index (χ1) is 10.3. The van der Waals surface area contributed by atoms with Crippen LogP contribution in [0.5, 0.6) is 0 Å². The van der Waals surface area contributed by atoms with E-state index in [9.17, 15) is 0 Å². The summed E-state index contributed by atoms with van der Waals surface area (Å²) in [5, 5.41) is 6.24. The molecule has 0 aromatic carbocycles. The molecule has 0 amide bonds. The van der Waals surface area contributed by atoms with Crippen LogP contribution in [0.2, 0.25) is 0 Å². The molecule has 0 unspecified atom stereocenters. The van der Waals surface area contributed by atoms with Crippen LogP contribution in [-0.2, 0) is 6.54 Å². The molecule has 3 aromatic heterocycles. The van der Waals surface area contributed by atoms with Crippen molar-refractivity contribution in [2.75, 3.05) is 23.8 Å². The van der Waals surface area contributed by atoms with Crippen LogP contribution in [0.4, 0.5) is 11.8 Å². The zero-order chi connectivity index (χ0) is 14.4. The van der Waals surface area contributed by atoms with Crippen molar-refractivity contribution < 1.29 is 0 Å². The summed E-state index contributed by atoms with van der Waals surface area (Å²) in [5.41, 5.74) is 16.4. The van der Waals surface area contributed by atoms with Gasteiger partial charge in [-0.15, -0.1) is 5.10 Å². The molecule has 0 aliphatic carbocycles. The number of rotatable bonds is 3. The molecule has 0 bridgehead atoms. The summed E-state index contributed by atoms with van der Waals surface area (Å²) < 4.78 is 1.53. The van der Waals surface area contributed by atoms with Gasteiger partial charge in [0.05, 0.1) is 5.56 Å². The van der Waals surface area contributed by atoms with E-state index in [1.165, 1.54) is 4.52 Å². The van der Waals surface area contributed by atoms with E-state index in [0.29, 0.717) is 36.9 Å². The van der Waals surface area contributed by atoms with Gasteiger partial charge in [-0.25, -0.2) is 15.4 Å². The van der Waals surface area contributed by atoms with Crippen LogP contribution in [0, 0.1) is 0 Å². The summed E-state index contributed by atoms with van der Waals surface area (Å²) in [6.45, 7) is 1.78. The molecule has 4 rings (SSSR count). The number of hydrogen-bond acceptors (Lipinski definition) is 8. The van der Waals surface area contributed by atoms with Gasteiger partial charge in [0, 0.05) is 32.0 Å². The lowest BCUT2D eigenvalue weighted by molar-refractivity contribution is 0.666. The Hall–Kier alpha value is -2.72. The van der Waals surface area contributed by atoms with Crippen LogP contribution in [0.3, 0.4) is 0 Å².